The first-order valence-electron chi connectivity index (χ1n) is 13.1. The van der Waals surface area contributed by atoms with Crippen molar-refractivity contribution in [2.45, 2.75) is 20.1 Å². The Morgan fingerprint density at radius 3 is 2.76 bits per heavy atom. The molecule has 1 atom stereocenters. The van der Waals surface area contributed by atoms with Crippen LogP contribution in [0.4, 0.5) is 10.5 Å². The molecule has 1 unspecified atom stereocenters. The number of benzene rings is 2. The highest BCUT2D eigenvalue weighted by Crippen LogP contribution is 2.46. The second kappa shape index (κ2) is 9.80. The standard InChI is InChI=1S/C29H25N7O5S/c1-14-6-17(24-18(7-14)33-21(38-5)11-30-24)28-34-23-15(2)8-20-25(26(23)42-28)39-12-22(40-20)41-29(37)36(4)16-9-19-27(31-10-16)35(3)13-32-19/h6-11,13,22H,12H2,1-5H3. The van der Waals surface area contributed by atoms with Gasteiger partial charge in [0.15, 0.2) is 23.8 Å². The Labute approximate surface area is 243 Å². The van der Waals surface area contributed by atoms with E-state index in [0.29, 0.717) is 28.6 Å². The number of imidazole rings is 1. The van der Waals surface area contributed by atoms with Crippen molar-refractivity contribution < 1.29 is 23.7 Å². The highest BCUT2D eigenvalue weighted by Gasteiger charge is 2.30. The molecule has 5 heterocycles. The van der Waals surface area contributed by atoms with E-state index in [-0.39, 0.29) is 6.61 Å². The summed E-state index contributed by atoms with van der Waals surface area (Å²) in [6.45, 7) is 3.99. The van der Waals surface area contributed by atoms with Crippen LogP contribution in [0.1, 0.15) is 11.1 Å². The van der Waals surface area contributed by atoms with Crippen molar-refractivity contribution in [2.24, 2.45) is 7.05 Å². The van der Waals surface area contributed by atoms with Gasteiger partial charge in [-0.2, -0.15) is 0 Å². The van der Waals surface area contributed by atoms with Crippen LogP contribution >= 0.6 is 11.3 Å². The zero-order valence-electron chi connectivity index (χ0n) is 23.4. The fraction of sp³-hybridized carbons (Fsp3) is 0.241. The molecule has 0 N–H and O–H groups in total. The Morgan fingerprint density at radius 1 is 1.07 bits per heavy atom. The van der Waals surface area contributed by atoms with E-state index < -0.39 is 12.4 Å². The molecule has 0 radical (unpaired) electrons. The number of rotatable bonds is 4. The number of amides is 1. The summed E-state index contributed by atoms with van der Waals surface area (Å²) in [6.07, 6.45) is 3.33. The summed E-state index contributed by atoms with van der Waals surface area (Å²) in [7, 11) is 5.03. The number of carbonyl (C=O) groups excluding carboxylic acids is 1. The number of nitrogens with zero attached hydrogens (tertiary/aromatic N) is 7. The molecule has 0 spiro atoms. The molecule has 0 saturated heterocycles. The third kappa shape index (κ3) is 4.29. The zero-order valence-corrected chi connectivity index (χ0v) is 24.2. The average molecular weight is 584 g/mol. The van der Waals surface area contributed by atoms with Crippen molar-refractivity contribution in [1.29, 1.82) is 0 Å². The predicted octanol–water partition coefficient (Wildman–Crippen LogP) is 5.18. The van der Waals surface area contributed by atoms with Crippen LogP contribution in [0.3, 0.4) is 0 Å². The van der Waals surface area contributed by atoms with E-state index in [0.717, 1.165) is 48.6 Å². The largest absolute Gasteiger partial charge is 0.480 e. The zero-order chi connectivity index (χ0) is 29.1. The number of ether oxygens (including phenoxy) is 4. The molecule has 2 aromatic carbocycles. The van der Waals surface area contributed by atoms with Crippen molar-refractivity contribution in [2.75, 3.05) is 25.7 Å². The SMILES string of the molecule is COc1cnc2c(-c3nc4c(C)cc5c(c4s3)OCC(OC(=O)N(C)c3cnc4c(c3)ncn4C)O5)cc(C)cc2n1. The first-order chi connectivity index (χ1) is 20.3. The third-order valence-corrected chi connectivity index (χ3v) is 8.13. The summed E-state index contributed by atoms with van der Waals surface area (Å²) in [6, 6.07) is 7.65. The van der Waals surface area contributed by atoms with Crippen LogP contribution in [0.25, 0.3) is 43.0 Å². The van der Waals surface area contributed by atoms with Gasteiger partial charge in [-0.1, -0.05) is 0 Å². The maximum absolute atomic E-state index is 13.0. The van der Waals surface area contributed by atoms with Crippen LogP contribution < -0.4 is 19.1 Å². The number of pyridine rings is 1. The molecule has 13 heteroatoms. The molecule has 0 bridgehead atoms. The number of fused-ring (bicyclic) bond motifs is 5. The Bertz CT molecular complexity index is 2040. The molecule has 1 aliphatic rings. The number of aryl methyl sites for hydroxylation is 3. The highest BCUT2D eigenvalue weighted by molar-refractivity contribution is 7.22. The minimum Gasteiger partial charge on any atom is -0.480 e. The van der Waals surface area contributed by atoms with Gasteiger partial charge in [-0.3, -0.25) is 4.90 Å². The summed E-state index contributed by atoms with van der Waals surface area (Å²) in [4.78, 5) is 37.1. The number of methoxy groups -OCH3 is 1. The Balaban J connectivity index is 1.16. The van der Waals surface area contributed by atoms with Gasteiger partial charge in [0.2, 0.25) is 5.88 Å². The molecule has 4 aromatic heterocycles. The molecule has 0 fully saturated rings. The Hall–Kier alpha value is -5.04. The van der Waals surface area contributed by atoms with Gasteiger partial charge in [0.25, 0.3) is 6.29 Å². The van der Waals surface area contributed by atoms with Gasteiger partial charge < -0.3 is 23.5 Å². The summed E-state index contributed by atoms with van der Waals surface area (Å²) in [5.41, 5.74) is 7.02. The van der Waals surface area contributed by atoms with Crippen molar-refractivity contribution in [3.63, 3.8) is 0 Å². The lowest BCUT2D eigenvalue weighted by molar-refractivity contribution is -0.0718. The first kappa shape index (κ1) is 25.9. The molecule has 0 aliphatic carbocycles. The maximum atomic E-state index is 13.0. The quantitative estimate of drug-likeness (QED) is 0.274. The van der Waals surface area contributed by atoms with E-state index in [9.17, 15) is 4.79 Å². The summed E-state index contributed by atoms with van der Waals surface area (Å²) in [5.74, 6) is 1.50. The molecule has 212 valence electrons. The van der Waals surface area contributed by atoms with E-state index in [1.807, 2.05) is 43.7 Å². The summed E-state index contributed by atoms with van der Waals surface area (Å²) < 4.78 is 25.8. The van der Waals surface area contributed by atoms with Gasteiger partial charge in [-0.05, 0) is 49.2 Å². The van der Waals surface area contributed by atoms with E-state index in [4.69, 9.17) is 23.9 Å². The number of hydrogen-bond acceptors (Lipinski definition) is 11. The molecular formula is C29H25N7O5S. The van der Waals surface area contributed by atoms with Gasteiger partial charge in [0.1, 0.15) is 15.2 Å². The summed E-state index contributed by atoms with van der Waals surface area (Å²) in [5, 5.41) is 0.784. The van der Waals surface area contributed by atoms with Crippen LogP contribution in [-0.4, -0.2) is 62.6 Å². The Morgan fingerprint density at radius 2 is 1.93 bits per heavy atom. The van der Waals surface area contributed by atoms with E-state index in [1.165, 1.54) is 16.2 Å². The average Bonchev–Trinajstić information content (AvgIpc) is 3.60. The molecular weight excluding hydrogens is 558 g/mol. The monoisotopic (exact) mass is 583 g/mol. The van der Waals surface area contributed by atoms with Crippen molar-refractivity contribution in [3.8, 4) is 28.0 Å². The van der Waals surface area contributed by atoms with Crippen molar-refractivity contribution in [3.05, 3.63) is 54.1 Å². The topological polar surface area (TPSA) is 127 Å². The summed E-state index contributed by atoms with van der Waals surface area (Å²) >= 11 is 1.49. The van der Waals surface area contributed by atoms with Crippen LogP contribution in [0.2, 0.25) is 0 Å². The molecule has 12 nitrogen and oxygen atoms in total. The Kier molecular flexibility index (Phi) is 6.04. The van der Waals surface area contributed by atoms with Gasteiger partial charge in [0, 0.05) is 19.7 Å². The predicted molar refractivity (Wildman–Crippen MR) is 157 cm³/mol. The minimum absolute atomic E-state index is 0.0220. The van der Waals surface area contributed by atoms with Crippen molar-refractivity contribution in [1.82, 2.24) is 29.5 Å². The maximum Gasteiger partial charge on any atom is 0.417 e. The fourth-order valence-electron chi connectivity index (χ4n) is 4.90. The number of hydrogen-bond donors (Lipinski definition) is 0. The number of carbonyl (C=O) groups is 1. The fourth-order valence-corrected chi connectivity index (χ4v) is 6.05. The highest BCUT2D eigenvalue weighted by atomic mass is 32.1. The second-order valence-corrected chi connectivity index (χ2v) is 11.0. The van der Waals surface area contributed by atoms with Crippen LogP contribution in [0.5, 0.6) is 17.4 Å². The lowest BCUT2D eigenvalue weighted by Crippen LogP contribution is -2.38. The molecule has 1 aliphatic heterocycles. The lowest BCUT2D eigenvalue weighted by atomic mass is 10.1. The third-order valence-electron chi connectivity index (χ3n) is 7.04. The van der Waals surface area contributed by atoms with Gasteiger partial charge >= 0.3 is 6.09 Å². The number of thiazole rings is 1. The molecule has 6 aromatic rings. The molecule has 42 heavy (non-hydrogen) atoms. The lowest BCUT2D eigenvalue weighted by Gasteiger charge is -2.28. The van der Waals surface area contributed by atoms with Crippen molar-refractivity contribution >= 4 is 55.5 Å². The van der Waals surface area contributed by atoms with E-state index >= 15 is 0 Å². The smallest absolute Gasteiger partial charge is 0.417 e. The number of aromatic nitrogens is 6. The second-order valence-electron chi connectivity index (χ2n) is 10.0. The first-order valence-corrected chi connectivity index (χ1v) is 13.9. The van der Waals surface area contributed by atoms with Gasteiger partial charge in [0.05, 0.1) is 48.1 Å². The van der Waals surface area contributed by atoms with Crippen LogP contribution in [-0.2, 0) is 11.8 Å². The molecule has 0 saturated carbocycles. The number of anilines is 1. The van der Waals surface area contributed by atoms with Gasteiger partial charge in [-0.15, -0.1) is 11.3 Å². The van der Waals surface area contributed by atoms with Crippen LogP contribution in [0.15, 0.2) is 43.0 Å². The molecule has 1 amide bonds. The molecule has 7 rings (SSSR count). The van der Waals surface area contributed by atoms with Gasteiger partial charge in [-0.25, -0.2) is 29.7 Å². The normalized spacial score (nSPS) is 14.5. The van der Waals surface area contributed by atoms with E-state index in [1.54, 1.807) is 38.9 Å². The van der Waals surface area contributed by atoms with Crippen LogP contribution in [0, 0.1) is 13.8 Å². The minimum atomic E-state index is -0.936. The van der Waals surface area contributed by atoms with E-state index in [2.05, 4.69) is 19.9 Å².